The average molecular weight is 223 g/mol. The van der Waals surface area contributed by atoms with Crippen molar-refractivity contribution in [2.24, 2.45) is 0 Å². The Kier molecular flexibility index (Phi) is 3.47. The molecule has 0 heterocycles. The van der Waals surface area contributed by atoms with Gasteiger partial charge in [0, 0.05) is 5.02 Å². The van der Waals surface area contributed by atoms with Crippen molar-refractivity contribution in [3.05, 3.63) is 34.9 Å². The van der Waals surface area contributed by atoms with Crippen LogP contribution in [0, 0.1) is 0 Å². The predicted molar refractivity (Wildman–Crippen MR) is 48.7 cm³/mol. The Bertz CT molecular complexity index is 324. The van der Waals surface area contributed by atoms with E-state index in [2.05, 4.69) is 4.67 Å². The van der Waals surface area contributed by atoms with Crippen LogP contribution in [0.15, 0.2) is 24.3 Å². The highest BCUT2D eigenvalue weighted by atomic mass is 35.5. The van der Waals surface area contributed by atoms with Crippen molar-refractivity contribution in [3.63, 3.8) is 0 Å². The molecule has 1 unspecified atom stereocenters. The molecule has 2 N–H and O–H groups in total. The number of hydrogen-bond donors (Lipinski definition) is 2. The molecule has 0 saturated carbocycles. The zero-order valence-corrected chi connectivity index (χ0v) is 8.20. The van der Waals surface area contributed by atoms with Gasteiger partial charge in [0.2, 0.25) is 0 Å². The highest BCUT2D eigenvalue weighted by Crippen LogP contribution is 2.44. The maximum Gasteiger partial charge on any atom is 0.359 e. The van der Waals surface area contributed by atoms with Gasteiger partial charge in [-0.2, -0.15) is 4.67 Å². The molecule has 0 aromatic heterocycles. The predicted octanol–water partition coefficient (Wildman–Crippen LogP) is 2.52. The summed E-state index contributed by atoms with van der Waals surface area (Å²) in [7, 11) is -3.90. The summed E-state index contributed by atoms with van der Waals surface area (Å²) in [5.41, 5.74) is 0.573. The van der Waals surface area contributed by atoms with Gasteiger partial charge in [0.05, 0.1) is 6.16 Å². The molecular formula is C7H8ClO4P. The summed E-state index contributed by atoms with van der Waals surface area (Å²) in [5, 5.41) is 8.61. The first-order valence-corrected chi connectivity index (χ1v) is 5.57. The molecule has 13 heavy (non-hydrogen) atoms. The lowest BCUT2D eigenvalue weighted by Crippen LogP contribution is -1.89. The van der Waals surface area contributed by atoms with Gasteiger partial charge in [-0.05, 0) is 17.7 Å². The van der Waals surface area contributed by atoms with Gasteiger partial charge in [-0.3, -0.25) is 4.57 Å². The second-order valence-electron chi connectivity index (χ2n) is 2.50. The van der Waals surface area contributed by atoms with Gasteiger partial charge in [0.1, 0.15) is 0 Å². The number of hydrogen-bond acceptors (Lipinski definition) is 3. The second-order valence-corrected chi connectivity index (χ2v) is 4.69. The molecule has 0 spiro atoms. The molecule has 0 aliphatic rings. The smallest absolute Gasteiger partial charge is 0.323 e. The fourth-order valence-corrected chi connectivity index (χ4v) is 1.71. The van der Waals surface area contributed by atoms with Crippen molar-refractivity contribution >= 4 is 19.2 Å². The molecule has 6 heteroatoms. The molecule has 0 fully saturated rings. The number of rotatable bonds is 3. The van der Waals surface area contributed by atoms with Gasteiger partial charge >= 0.3 is 7.60 Å². The van der Waals surface area contributed by atoms with Gasteiger partial charge in [0.15, 0.2) is 0 Å². The fraction of sp³-hybridized carbons (Fsp3) is 0.143. The van der Waals surface area contributed by atoms with Crippen LogP contribution in [0.25, 0.3) is 0 Å². The van der Waals surface area contributed by atoms with Crippen LogP contribution >= 0.6 is 19.2 Å². The van der Waals surface area contributed by atoms with E-state index in [9.17, 15) is 4.57 Å². The summed E-state index contributed by atoms with van der Waals surface area (Å²) in [6, 6.07) is 6.36. The molecule has 1 atom stereocenters. The Morgan fingerprint density at radius 3 is 2.38 bits per heavy atom. The molecule has 1 aromatic carbocycles. The fourth-order valence-electron chi connectivity index (χ4n) is 0.849. The minimum absolute atomic E-state index is 0.235. The van der Waals surface area contributed by atoms with Crippen molar-refractivity contribution in [2.45, 2.75) is 6.16 Å². The molecule has 0 radical (unpaired) electrons. The van der Waals surface area contributed by atoms with E-state index in [1.165, 1.54) is 0 Å². The third-order valence-electron chi connectivity index (χ3n) is 1.42. The minimum atomic E-state index is -3.90. The Balaban J connectivity index is 2.75. The molecule has 4 nitrogen and oxygen atoms in total. The molecule has 72 valence electrons. The third-order valence-corrected chi connectivity index (χ3v) is 2.70. The van der Waals surface area contributed by atoms with Crippen LogP contribution in [-0.2, 0) is 15.4 Å². The molecule has 0 aliphatic heterocycles. The van der Waals surface area contributed by atoms with Gasteiger partial charge < -0.3 is 4.89 Å². The van der Waals surface area contributed by atoms with E-state index < -0.39 is 7.60 Å². The lowest BCUT2D eigenvalue weighted by atomic mass is 10.2. The van der Waals surface area contributed by atoms with Crippen LogP contribution in [0.5, 0.6) is 0 Å². The van der Waals surface area contributed by atoms with Gasteiger partial charge in [-0.1, -0.05) is 23.7 Å². The van der Waals surface area contributed by atoms with E-state index in [0.717, 1.165) is 0 Å². The molecule has 1 rings (SSSR count). The van der Waals surface area contributed by atoms with Gasteiger partial charge in [-0.25, -0.2) is 5.26 Å². The summed E-state index contributed by atoms with van der Waals surface area (Å²) >= 11 is 5.60. The Morgan fingerprint density at radius 2 is 1.92 bits per heavy atom. The van der Waals surface area contributed by atoms with Crippen LogP contribution < -0.4 is 0 Å². The zero-order valence-electron chi connectivity index (χ0n) is 6.55. The molecule has 0 saturated heterocycles. The first-order valence-electron chi connectivity index (χ1n) is 3.43. The molecule has 0 aliphatic carbocycles. The standard InChI is InChI=1S/C7H8ClO4P/c8-7-3-1-6(2-4-7)5-13(10,11)12-9/h1-4,9H,5H2,(H,10,11). The second kappa shape index (κ2) is 4.22. The first-order chi connectivity index (χ1) is 6.03. The maximum absolute atomic E-state index is 10.9. The van der Waals surface area contributed by atoms with E-state index in [4.69, 9.17) is 21.8 Å². The van der Waals surface area contributed by atoms with E-state index in [0.29, 0.717) is 10.6 Å². The van der Waals surface area contributed by atoms with E-state index in [1.54, 1.807) is 24.3 Å². The normalized spacial score (nSPS) is 15.3. The minimum Gasteiger partial charge on any atom is -0.323 e. The van der Waals surface area contributed by atoms with Crippen molar-refractivity contribution in [3.8, 4) is 0 Å². The van der Waals surface area contributed by atoms with Crippen molar-refractivity contribution in [1.82, 2.24) is 0 Å². The molecule has 0 bridgehead atoms. The SMILES string of the molecule is O=P(O)(Cc1ccc(Cl)cc1)OO. The van der Waals surface area contributed by atoms with Gasteiger partial charge in [-0.15, -0.1) is 0 Å². The molecule has 0 amide bonds. The number of halogens is 1. The number of benzene rings is 1. The quantitative estimate of drug-likeness (QED) is 0.468. The Hall–Kier alpha value is -0.380. The average Bonchev–Trinajstić information content (AvgIpc) is 2.09. The van der Waals surface area contributed by atoms with Crippen LogP contribution in [0.4, 0.5) is 0 Å². The largest absolute Gasteiger partial charge is 0.359 e. The third kappa shape index (κ3) is 3.46. The van der Waals surface area contributed by atoms with Crippen molar-refractivity contribution in [1.29, 1.82) is 0 Å². The summed E-state index contributed by atoms with van der Waals surface area (Å²) < 4.78 is 14.3. The maximum atomic E-state index is 10.9. The van der Waals surface area contributed by atoms with Gasteiger partial charge in [0.25, 0.3) is 0 Å². The molecular weight excluding hydrogens is 214 g/mol. The van der Waals surface area contributed by atoms with Crippen LogP contribution in [0.1, 0.15) is 5.56 Å². The highest BCUT2D eigenvalue weighted by molar-refractivity contribution is 7.51. The van der Waals surface area contributed by atoms with E-state index in [1.807, 2.05) is 0 Å². The van der Waals surface area contributed by atoms with Crippen LogP contribution in [0.3, 0.4) is 0 Å². The Labute approximate surface area is 80.2 Å². The monoisotopic (exact) mass is 222 g/mol. The van der Waals surface area contributed by atoms with Crippen molar-refractivity contribution in [2.75, 3.05) is 0 Å². The lowest BCUT2D eigenvalue weighted by molar-refractivity contribution is -0.146. The Morgan fingerprint density at radius 1 is 1.38 bits per heavy atom. The molecule has 1 aromatic rings. The summed E-state index contributed by atoms with van der Waals surface area (Å²) in [6.45, 7) is 0. The first kappa shape index (κ1) is 10.7. The highest BCUT2D eigenvalue weighted by Gasteiger charge is 2.19. The topological polar surface area (TPSA) is 66.8 Å². The lowest BCUT2D eigenvalue weighted by Gasteiger charge is -2.06. The van der Waals surface area contributed by atoms with Crippen molar-refractivity contribution < 1.29 is 19.4 Å². The van der Waals surface area contributed by atoms with Crippen LogP contribution in [-0.4, -0.2) is 10.2 Å². The summed E-state index contributed by atoms with van der Waals surface area (Å²) in [5.74, 6) is 0. The van der Waals surface area contributed by atoms with Crippen LogP contribution in [0.2, 0.25) is 5.02 Å². The summed E-state index contributed by atoms with van der Waals surface area (Å²) in [6.07, 6.45) is -0.235. The zero-order chi connectivity index (χ0) is 9.90. The summed E-state index contributed by atoms with van der Waals surface area (Å²) in [4.78, 5) is 8.90. The van der Waals surface area contributed by atoms with E-state index >= 15 is 0 Å². The van der Waals surface area contributed by atoms with E-state index in [-0.39, 0.29) is 6.16 Å².